The number of aliphatic carboxylic acids is 1. The lowest BCUT2D eigenvalue weighted by atomic mass is 9.95. The van der Waals surface area contributed by atoms with Crippen molar-refractivity contribution >= 4 is 30.2 Å². The number of methoxy groups -OCH3 is 2. The zero-order chi connectivity index (χ0) is 28.4. The molecule has 2 amide bonds. The number of benzene rings is 1. The maximum Gasteiger partial charge on any atom is 0.303 e. The van der Waals surface area contributed by atoms with Crippen LogP contribution < -0.4 is 14.8 Å². The van der Waals surface area contributed by atoms with Crippen LogP contribution in [0, 0.1) is 0 Å². The summed E-state index contributed by atoms with van der Waals surface area (Å²) in [5.74, 6) is 0.0890. The number of amides is 2. The van der Waals surface area contributed by atoms with Gasteiger partial charge in [0.15, 0.2) is 11.5 Å². The van der Waals surface area contributed by atoms with Gasteiger partial charge in [-0.15, -0.1) is 12.4 Å². The summed E-state index contributed by atoms with van der Waals surface area (Å²) in [7, 11) is 3.23. The Morgan fingerprint density at radius 1 is 1.02 bits per heavy atom. The van der Waals surface area contributed by atoms with Crippen LogP contribution >= 0.6 is 12.4 Å². The number of piperidine rings is 1. The second kappa shape index (κ2) is 16.6. The molecule has 1 heterocycles. The van der Waals surface area contributed by atoms with Gasteiger partial charge in [-0.25, -0.2) is 0 Å². The van der Waals surface area contributed by atoms with Gasteiger partial charge >= 0.3 is 5.97 Å². The SMILES string of the molecule is COCCCOc1cc(C(=O)N(C(C)C)[C@@H]2CC[C@H](CCN(C(=O)CCC(=O)O)C3CC3)NC2)ccc1OC.Cl. The topological polar surface area (TPSA) is 118 Å². The molecule has 40 heavy (non-hydrogen) atoms. The largest absolute Gasteiger partial charge is 0.493 e. The molecule has 1 aromatic rings. The van der Waals surface area contributed by atoms with Crippen molar-refractivity contribution in [2.45, 2.75) is 89.4 Å². The number of halogens is 1. The highest BCUT2D eigenvalue weighted by Gasteiger charge is 2.34. The number of carboxylic acid groups (broad SMARTS) is 1. The average molecular weight is 584 g/mol. The van der Waals surface area contributed by atoms with Crippen LogP contribution in [0.2, 0.25) is 0 Å². The smallest absolute Gasteiger partial charge is 0.303 e. The molecule has 0 radical (unpaired) electrons. The summed E-state index contributed by atoms with van der Waals surface area (Å²) in [5, 5.41) is 12.5. The van der Waals surface area contributed by atoms with Gasteiger partial charge in [0.05, 0.1) is 20.1 Å². The molecule has 0 bridgehead atoms. The number of ether oxygens (including phenoxy) is 3. The van der Waals surface area contributed by atoms with E-state index in [0.717, 1.165) is 38.5 Å². The van der Waals surface area contributed by atoms with Crippen LogP contribution in [0.4, 0.5) is 0 Å². The van der Waals surface area contributed by atoms with Gasteiger partial charge in [0.25, 0.3) is 5.91 Å². The van der Waals surface area contributed by atoms with E-state index >= 15 is 0 Å². The maximum atomic E-state index is 13.7. The van der Waals surface area contributed by atoms with Crippen LogP contribution in [-0.4, -0.2) is 97.4 Å². The van der Waals surface area contributed by atoms with E-state index < -0.39 is 5.97 Å². The van der Waals surface area contributed by atoms with Crippen molar-refractivity contribution in [1.29, 1.82) is 0 Å². The summed E-state index contributed by atoms with van der Waals surface area (Å²) < 4.78 is 16.4. The molecule has 0 aromatic heterocycles. The minimum atomic E-state index is -0.941. The molecule has 226 valence electrons. The van der Waals surface area contributed by atoms with Crippen LogP contribution in [0.15, 0.2) is 18.2 Å². The Balaban J connectivity index is 0.00000560. The zero-order valence-corrected chi connectivity index (χ0v) is 25.0. The van der Waals surface area contributed by atoms with Gasteiger partial charge in [0.2, 0.25) is 5.91 Å². The van der Waals surface area contributed by atoms with Crippen LogP contribution in [0.5, 0.6) is 11.5 Å². The molecular formula is C29H46ClN3O7. The third kappa shape index (κ3) is 9.82. The quantitative estimate of drug-likeness (QED) is 0.283. The van der Waals surface area contributed by atoms with Crippen LogP contribution in [0.1, 0.15) is 75.6 Å². The van der Waals surface area contributed by atoms with Gasteiger partial charge in [0.1, 0.15) is 0 Å². The number of rotatable bonds is 16. The van der Waals surface area contributed by atoms with Crippen molar-refractivity contribution in [2.24, 2.45) is 0 Å². The standard InChI is InChI=1S/C29H45N3O7.ClH/c1-20(2)32(29(36)21-6-11-25(38-4)26(18-21)39-17-5-16-37-3)24-8-7-22(30-19-24)14-15-31(23-9-10-23)27(33)12-13-28(34)35;/h6,11,18,20,22-24,30H,5,7-10,12-17,19H2,1-4H3,(H,34,35);1H/t22-,24-;/m1./s1. The zero-order valence-electron chi connectivity index (χ0n) is 24.2. The van der Waals surface area contributed by atoms with Crippen molar-refractivity contribution in [2.75, 3.05) is 40.5 Å². The van der Waals surface area contributed by atoms with E-state index in [4.69, 9.17) is 19.3 Å². The van der Waals surface area contributed by atoms with Gasteiger partial charge in [-0.05, 0) is 64.2 Å². The van der Waals surface area contributed by atoms with Gasteiger partial charge in [-0.2, -0.15) is 0 Å². The minimum Gasteiger partial charge on any atom is -0.493 e. The molecule has 0 spiro atoms. The van der Waals surface area contributed by atoms with Crippen LogP contribution in [0.3, 0.4) is 0 Å². The first-order valence-electron chi connectivity index (χ1n) is 14.1. The highest BCUT2D eigenvalue weighted by molar-refractivity contribution is 5.95. The normalized spacial score (nSPS) is 18.5. The predicted molar refractivity (Wildman–Crippen MR) is 155 cm³/mol. The summed E-state index contributed by atoms with van der Waals surface area (Å²) >= 11 is 0. The molecule has 1 saturated heterocycles. The number of nitrogens with one attached hydrogen (secondary N) is 1. The van der Waals surface area contributed by atoms with E-state index in [0.29, 0.717) is 43.4 Å². The molecule has 1 saturated carbocycles. The fraction of sp³-hybridized carbons (Fsp3) is 0.690. The third-order valence-corrected chi connectivity index (χ3v) is 7.41. The monoisotopic (exact) mass is 583 g/mol. The number of nitrogens with zero attached hydrogens (tertiary/aromatic N) is 2. The molecule has 2 N–H and O–H groups in total. The van der Waals surface area contributed by atoms with E-state index in [2.05, 4.69) is 5.32 Å². The van der Waals surface area contributed by atoms with Crippen molar-refractivity contribution in [3.05, 3.63) is 23.8 Å². The predicted octanol–water partition coefficient (Wildman–Crippen LogP) is 3.75. The number of hydrogen-bond donors (Lipinski definition) is 2. The molecule has 1 aliphatic carbocycles. The van der Waals surface area contributed by atoms with Crippen molar-refractivity contribution in [3.8, 4) is 11.5 Å². The molecule has 11 heteroatoms. The maximum absolute atomic E-state index is 13.7. The summed E-state index contributed by atoms with van der Waals surface area (Å²) in [5.41, 5.74) is 0.563. The molecule has 1 aliphatic heterocycles. The first-order chi connectivity index (χ1) is 18.7. The first-order valence-corrected chi connectivity index (χ1v) is 14.1. The Bertz CT molecular complexity index is 965. The molecule has 3 rings (SSSR count). The lowest BCUT2D eigenvalue weighted by Crippen LogP contribution is -2.54. The molecule has 2 fully saturated rings. The fourth-order valence-electron chi connectivity index (χ4n) is 5.21. The Morgan fingerprint density at radius 3 is 2.33 bits per heavy atom. The Kier molecular flexibility index (Phi) is 14.0. The summed E-state index contributed by atoms with van der Waals surface area (Å²) in [6, 6.07) is 5.91. The fourth-order valence-corrected chi connectivity index (χ4v) is 5.21. The van der Waals surface area contributed by atoms with E-state index in [9.17, 15) is 14.4 Å². The highest BCUT2D eigenvalue weighted by atomic mass is 35.5. The van der Waals surface area contributed by atoms with Gasteiger partial charge in [-0.3, -0.25) is 14.4 Å². The first kappa shape index (κ1) is 33.6. The second-order valence-corrected chi connectivity index (χ2v) is 10.7. The summed E-state index contributed by atoms with van der Waals surface area (Å²) in [6.45, 7) is 6.45. The van der Waals surface area contributed by atoms with Gasteiger partial charge in [0, 0.05) is 69.4 Å². The average Bonchev–Trinajstić information content (AvgIpc) is 3.76. The molecule has 0 unspecified atom stereocenters. The Morgan fingerprint density at radius 2 is 1.75 bits per heavy atom. The molecule has 2 aliphatic rings. The van der Waals surface area contributed by atoms with Gasteiger partial charge in [-0.1, -0.05) is 0 Å². The van der Waals surface area contributed by atoms with Crippen molar-refractivity contribution in [3.63, 3.8) is 0 Å². The molecular weight excluding hydrogens is 538 g/mol. The van der Waals surface area contributed by atoms with E-state index in [1.807, 2.05) is 23.6 Å². The van der Waals surface area contributed by atoms with E-state index in [1.54, 1.807) is 32.4 Å². The van der Waals surface area contributed by atoms with E-state index in [-0.39, 0.29) is 61.2 Å². The Labute approximate surface area is 244 Å². The molecule has 1 aromatic carbocycles. The molecule has 2 atom stereocenters. The number of carbonyl (C=O) groups is 3. The summed E-state index contributed by atoms with van der Waals surface area (Å²) in [6.07, 6.45) is 5.25. The number of hydrogen-bond acceptors (Lipinski definition) is 7. The Hall–Kier alpha value is -2.56. The van der Waals surface area contributed by atoms with E-state index in [1.165, 1.54) is 0 Å². The van der Waals surface area contributed by atoms with Gasteiger partial charge < -0.3 is 34.4 Å². The minimum absolute atomic E-state index is 0. The third-order valence-electron chi connectivity index (χ3n) is 7.41. The van der Waals surface area contributed by atoms with Crippen molar-refractivity contribution < 1.29 is 33.7 Å². The van der Waals surface area contributed by atoms with Crippen molar-refractivity contribution in [1.82, 2.24) is 15.1 Å². The van der Waals surface area contributed by atoms with Crippen LogP contribution in [0.25, 0.3) is 0 Å². The molecule has 10 nitrogen and oxygen atoms in total. The lowest BCUT2D eigenvalue weighted by molar-refractivity contribution is -0.141. The number of carbonyl (C=O) groups excluding carboxylic acids is 2. The lowest BCUT2D eigenvalue weighted by Gasteiger charge is -2.40. The van der Waals surface area contributed by atoms with Crippen LogP contribution in [-0.2, 0) is 14.3 Å². The highest BCUT2D eigenvalue weighted by Crippen LogP contribution is 2.31. The number of carboxylic acids is 1. The summed E-state index contributed by atoms with van der Waals surface area (Å²) in [4.78, 5) is 40.9. The second-order valence-electron chi connectivity index (χ2n) is 10.7.